The quantitative estimate of drug-likeness (QED) is 0.523. The van der Waals surface area contributed by atoms with Gasteiger partial charge in [-0.25, -0.2) is 9.97 Å². The van der Waals surface area contributed by atoms with Gasteiger partial charge in [0.05, 0.1) is 5.69 Å². The van der Waals surface area contributed by atoms with Crippen LogP contribution in [-0.4, -0.2) is 9.97 Å². The number of fused-ring (bicyclic) bond motifs is 1. The molecule has 0 amide bonds. The zero-order chi connectivity index (χ0) is 16.4. The summed E-state index contributed by atoms with van der Waals surface area (Å²) in [4.78, 5) is 8.93. The second-order valence-corrected chi connectivity index (χ2v) is 5.90. The summed E-state index contributed by atoms with van der Waals surface area (Å²) < 4.78 is 0. The molecule has 0 fully saturated rings. The highest BCUT2D eigenvalue weighted by molar-refractivity contribution is 6.30. The third-order valence-corrected chi connectivity index (χ3v) is 3.99. The third kappa shape index (κ3) is 3.07. The molecule has 0 unspecified atom stereocenters. The van der Waals surface area contributed by atoms with Crippen LogP contribution in [0.4, 0.5) is 11.4 Å². The predicted molar refractivity (Wildman–Crippen MR) is 99.7 cm³/mol. The lowest BCUT2D eigenvalue weighted by molar-refractivity contribution is 1.29. The van der Waals surface area contributed by atoms with Crippen LogP contribution in [0.1, 0.15) is 0 Å². The first-order valence-corrected chi connectivity index (χ1v) is 8.00. The van der Waals surface area contributed by atoms with Crippen LogP contribution in [-0.2, 0) is 0 Å². The van der Waals surface area contributed by atoms with E-state index in [1.54, 1.807) is 6.20 Å². The lowest BCUT2D eigenvalue weighted by Crippen LogP contribution is -1.91. The molecule has 4 aromatic rings. The van der Waals surface area contributed by atoms with Gasteiger partial charge in [-0.05, 0) is 54.6 Å². The molecule has 0 aliphatic heterocycles. The smallest absolute Gasteiger partial charge is 0.159 e. The Morgan fingerprint density at radius 1 is 0.792 bits per heavy atom. The first-order chi connectivity index (χ1) is 11.8. The maximum Gasteiger partial charge on any atom is 0.159 e. The van der Waals surface area contributed by atoms with Crippen molar-refractivity contribution < 1.29 is 0 Å². The fourth-order valence-electron chi connectivity index (χ4n) is 2.57. The molecule has 2 heterocycles. The van der Waals surface area contributed by atoms with Crippen LogP contribution in [0.5, 0.6) is 0 Å². The van der Waals surface area contributed by atoms with E-state index in [9.17, 15) is 0 Å². The Morgan fingerprint density at radius 3 is 2.50 bits per heavy atom. The van der Waals surface area contributed by atoms with Crippen molar-refractivity contribution in [3.8, 4) is 11.3 Å². The molecule has 0 spiro atoms. The molecule has 0 atom stereocenters. The van der Waals surface area contributed by atoms with Crippen LogP contribution >= 0.6 is 11.6 Å². The fourth-order valence-corrected chi connectivity index (χ4v) is 2.76. The highest BCUT2D eigenvalue weighted by atomic mass is 35.5. The van der Waals surface area contributed by atoms with E-state index >= 15 is 0 Å². The fraction of sp³-hybridized carbons (Fsp3) is 0. The summed E-state index contributed by atoms with van der Waals surface area (Å²) in [5, 5.41) is 5.09. The van der Waals surface area contributed by atoms with Crippen molar-refractivity contribution in [3.05, 3.63) is 84.0 Å². The number of rotatable bonds is 3. The molecular weight excluding hydrogens is 318 g/mol. The summed E-state index contributed by atoms with van der Waals surface area (Å²) in [6, 6.07) is 23.8. The third-order valence-electron chi connectivity index (χ3n) is 3.76. The van der Waals surface area contributed by atoms with Gasteiger partial charge in [0.1, 0.15) is 0 Å². The summed E-state index contributed by atoms with van der Waals surface area (Å²) in [6.07, 6.45) is 1.76. The average Bonchev–Trinajstić information content (AvgIpc) is 2.62. The summed E-state index contributed by atoms with van der Waals surface area (Å²) in [5.74, 6) is 0. The topological polar surface area (TPSA) is 37.8 Å². The van der Waals surface area contributed by atoms with Crippen molar-refractivity contribution >= 4 is 34.0 Å². The van der Waals surface area contributed by atoms with E-state index < -0.39 is 0 Å². The molecule has 4 heteroatoms. The van der Waals surface area contributed by atoms with E-state index in [1.807, 2.05) is 72.8 Å². The van der Waals surface area contributed by atoms with Gasteiger partial charge in [0.2, 0.25) is 0 Å². The first kappa shape index (κ1) is 14.7. The van der Waals surface area contributed by atoms with Gasteiger partial charge in [0, 0.05) is 33.5 Å². The van der Waals surface area contributed by atoms with Crippen molar-refractivity contribution in [2.75, 3.05) is 5.32 Å². The molecular formula is C20H14ClN3. The van der Waals surface area contributed by atoms with Gasteiger partial charge in [0.15, 0.2) is 5.65 Å². The first-order valence-electron chi connectivity index (χ1n) is 7.63. The number of anilines is 2. The second-order valence-electron chi connectivity index (χ2n) is 5.46. The SMILES string of the molecule is Clc1cccc(Nc2ccc(-c3ccc4cccnc4n3)cc2)c1. The zero-order valence-electron chi connectivity index (χ0n) is 12.8. The molecule has 24 heavy (non-hydrogen) atoms. The van der Waals surface area contributed by atoms with E-state index in [2.05, 4.69) is 15.3 Å². The summed E-state index contributed by atoms with van der Waals surface area (Å²) >= 11 is 6.01. The molecule has 0 bridgehead atoms. The number of pyridine rings is 2. The number of nitrogens with one attached hydrogen (secondary N) is 1. The van der Waals surface area contributed by atoms with Gasteiger partial charge in [0.25, 0.3) is 0 Å². The molecule has 1 N–H and O–H groups in total. The number of benzene rings is 2. The zero-order valence-corrected chi connectivity index (χ0v) is 13.5. The minimum Gasteiger partial charge on any atom is -0.355 e. The minimum absolute atomic E-state index is 0.712. The van der Waals surface area contributed by atoms with Crippen molar-refractivity contribution in [1.29, 1.82) is 0 Å². The standard InChI is InChI=1S/C20H14ClN3/c21-16-4-1-5-18(13-16)23-17-9-6-14(7-10-17)19-11-8-15-3-2-12-22-20(15)24-19/h1-13,23H. The summed E-state index contributed by atoms with van der Waals surface area (Å²) in [6.45, 7) is 0. The van der Waals surface area contributed by atoms with Crippen molar-refractivity contribution in [1.82, 2.24) is 9.97 Å². The lowest BCUT2D eigenvalue weighted by atomic mass is 10.1. The Kier molecular flexibility index (Phi) is 3.85. The highest BCUT2D eigenvalue weighted by Gasteiger charge is 2.03. The van der Waals surface area contributed by atoms with Crippen LogP contribution in [0.25, 0.3) is 22.3 Å². The number of aromatic nitrogens is 2. The highest BCUT2D eigenvalue weighted by Crippen LogP contribution is 2.24. The van der Waals surface area contributed by atoms with E-state index in [0.29, 0.717) is 5.02 Å². The van der Waals surface area contributed by atoms with Crippen LogP contribution in [0.15, 0.2) is 79.0 Å². The minimum atomic E-state index is 0.712. The molecule has 0 aliphatic rings. The van der Waals surface area contributed by atoms with Crippen LogP contribution in [0.3, 0.4) is 0 Å². The molecule has 2 aromatic heterocycles. The Labute approximate surface area is 145 Å². The monoisotopic (exact) mass is 331 g/mol. The molecule has 0 aliphatic carbocycles. The van der Waals surface area contributed by atoms with E-state index in [4.69, 9.17) is 11.6 Å². The Bertz CT molecular complexity index is 997. The average molecular weight is 332 g/mol. The van der Waals surface area contributed by atoms with Crippen molar-refractivity contribution in [2.45, 2.75) is 0 Å². The number of hydrogen-bond acceptors (Lipinski definition) is 3. The largest absolute Gasteiger partial charge is 0.355 e. The summed E-state index contributed by atoms with van der Waals surface area (Å²) in [5.41, 5.74) is 4.69. The number of halogens is 1. The van der Waals surface area contributed by atoms with Crippen LogP contribution in [0.2, 0.25) is 5.02 Å². The van der Waals surface area contributed by atoms with Gasteiger partial charge >= 0.3 is 0 Å². The van der Waals surface area contributed by atoms with Crippen LogP contribution in [0, 0.1) is 0 Å². The summed E-state index contributed by atoms with van der Waals surface area (Å²) in [7, 11) is 0. The molecule has 0 radical (unpaired) electrons. The van der Waals surface area contributed by atoms with Gasteiger partial charge in [-0.1, -0.05) is 29.8 Å². The van der Waals surface area contributed by atoms with Gasteiger partial charge in [-0.2, -0.15) is 0 Å². The van der Waals surface area contributed by atoms with Gasteiger partial charge < -0.3 is 5.32 Å². The van der Waals surface area contributed by atoms with Crippen molar-refractivity contribution in [3.63, 3.8) is 0 Å². The Morgan fingerprint density at radius 2 is 1.67 bits per heavy atom. The van der Waals surface area contributed by atoms with E-state index in [0.717, 1.165) is 33.7 Å². The van der Waals surface area contributed by atoms with E-state index in [1.165, 1.54) is 0 Å². The Hall–Kier alpha value is -2.91. The van der Waals surface area contributed by atoms with Crippen molar-refractivity contribution in [2.24, 2.45) is 0 Å². The van der Waals surface area contributed by atoms with Crippen LogP contribution < -0.4 is 5.32 Å². The second kappa shape index (κ2) is 6.30. The molecule has 2 aromatic carbocycles. The molecule has 0 saturated heterocycles. The molecule has 116 valence electrons. The normalized spacial score (nSPS) is 10.7. The maximum atomic E-state index is 6.01. The number of nitrogens with zero attached hydrogens (tertiary/aromatic N) is 2. The predicted octanol–water partition coefficient (Wildman–Crippen LogP) is 5.69. The lowest BCUT2D eigenvalue weighted by Gasteiger charge is -2.08. The van der Waals surface area contributed by atoms with Gasteiger partial charge in [-0.15, -0.1) is 0 Å². The number of hydrogen-bond donors (Lipinski definition) is 1. The molecule has 3 nitrogen and oxygen atoms in total. The Balaban J connectivity index is 1.60. The maximum absolute atomic E-state index is 6.01. The van der Waals surface area contributed by atoms with E-state index in [-0.39, 0.29) is 0 Å². The van der Waals surface area contributed by atoms with Gasteiger partial charge in [-0.3, -0.25) is 0 Å². The molecule has 0 saturated carbocycles. The molecule has 4 rings (SSSR count).